The molecule has 0 amide bonds. The lowest BCUT2D eigenvalue weighted by Gasteiger charge is -2.16. The first-order valence-electron chi connectivity index (χ1n) is 8.76. The monoisotopic (exact) mass is 402 g/mol. The zero-order valence-corrected chi connectivity index (χ0v) is 17.3. The number of Topliss-reactive ketones (excluding diaryl/α,β-unsaturated/α-hetero) is 1. The highest BCUT2D eigenvalue weighted by Crippen LogP contribution is 2.49. The van der Waals surface area contributed by atoms with Crippen molar-refractivity contribution in [2.45, 2.75) is 51.3 Å². The predicted octanol–water partition coefficient (Wildman–Crippen LogP) is 5.27. The largest absolute Gasteiger partial charge is 0.474 e. The van der Waals surface area contributed by atoms with Crippen LogP contribution in [0.1, 0.15) is 56.8 Å². The zero-order valence-electron chi connectivity index (χ0n) is 15.6. The molecule has 0 aliphatic carbocycles. The van der Waals surface area contributed by atoms with Gasteiger partial charge in [0.25, 0.3) is 0 Å². The second kappa shape index (κ2) is 12.4. The van der Waals surface area contributed by atoms with Crippen molar-refractivity contribution in [3.63, 3.8) is 0 Å². The number of hydrogen-bond acceptors (Lipinski definition) is 7. The molecule has 1 rings (SSSR count). The standard InChI is InChI=1S/C18H27O6PS/c1-4-22-25(21,23-5-2)24-14-10-6-7-12-17(20)16-11-8-9-13-18(16)26-15(3)19/h8-9,11,13H,4-7,10,12,14H2,1-3H3. The van der Waals surface area contributed by atoms with Crippen molar-refractivity contribution in [2.24, 2.45) is 0 Å². The van der Waals surface area contributed by atoms with E-state index in [0.717, 1.165) is 18.2 Å². The summed E-state index contributed by atoms with van der Waals surface area (Å²) in [5, 5.41) is -0.0459. The summed E-state index contributed by atoms with van der Waals surface area (Å²) in [6.45, 7) is 5.69. The maximum atomic E-state index is 12.4. The minimum atomic E-state index is -3.46. The van der Waals surface area contributed by atoms with Crippen LogP contribution in [-0.4, -0.2) is 30.7 Å². The summed E-state index contributed by atoms with van der Waals surface area (Å²) in [6.07, 6.45) is 2.49. The fourth-order valence-corrected chi connectivity index (χ4v) is 4.20. The van der Waals surface area contributed by atoms with Crippen LogP contribution in [0.2, 0.25) is 0 Å². The average Bonchev–Trinajstić information content (AvgIpc) is 2.58. The van der Waals surface area contributed by atoms with Crippen molar-refractivity contribution in [2.75, 3.05) is 19.8 Å². The number of thioether (sulfide) groups is 1. The van der Waals surface area contributed by atoms with E-state index in [1.807, 2.05) is 6.07 Å². The van der Waals surface area contributed by atoms with Crippen LogP contribution in [0.15, 0.2) is 29.2 Å². The SMILES string of the molecule is CCOP(=O)(OCC)OCCCCCC(=O)c1ccccc1SC(C)=O. The first kappa shape index (κ1) is 23.1. The lowest BCUT2D eigenvalue weighted by Crippen LogP contribution is -2.03. The number of unbranched alkanes of at least 4 members (excludes halogenated alkanes) is 2. The Morgan fingerprint density at radius 2 is 1.65 bits per heavy atom. The van der Waals surface area contributed by atoms with Crippen LogP contribution in [0.5, 0.6) is 0 Å². The van der Waals surface area contributed by atoms with Gasteiger partial charge in [0, 0.05) is 23.8 Å². The zero-order chi connectivity index (χ0) is 19.4. The molecule has 8 heteroatoms. The minimum absolute atomic E-state index is 0.0181. The molecular formula is C18H27O6PS. The van der Waals surface area contributed by atoms with Crippen molar-refractivity contribution in [3.05, 3.63) is 29.8 Å². The Morgan fingerprint density at radius 3 is 2.27 bits per heavy atom. The average molecular weight is 402 g/mol. The Morgan fingerprint density at radius 1 is 1.00 bits per heavy atom. The van der Waals surface area contributed by atoms with E-state index in [1.54, 1.807) is 32.0 Å². The molecular weight excluding hydrogens is 375 g/mol. The van der Waals surface area contributed by atoms with Gasteiger partial charge in [-0.25, -0.2) is 4.57 Å². The van der Waals surface area contributed by atoms with Crippen LogP contribution in [0.3, 0.4) is 0 Å². The molecule has 0 aromatic heterocycles. The number of phosphoric acid groups is 1. The van der Waals surface area contributed by atoms with E-state index in [1.165, 1.54) is 6.92 Å². The van der Waals surface area contributed by atoms with Crippen molar-refractivity contribution < 1.29 is 27.7 Å². The summed E-state index contributed by atoms with van der Waals surface area (Å²) in [7, 11) is -3.46. The summed E-state index contributed by atoms with van der Waals surface area (Å²) in [5.41, 5.74) is 0.584. The van der Waals surface area contributed by atoms with E-state index in [-0.39, 0.29) is 30.7 Å². The van der Waals surface area contributed by atoms with Crippen LogP contribution in [-0.2, 0) is 22.9 Å². The number of ketones is 1. The molecule has 0 saturated carbocycles. The highest BCUT2D eigenvalue weighted by atomic mass is 32.2. The van der Waals surface area contributed by atoms with Gasteiger partial charge in [-0.1, -0.05) is 36.4 Å². The summed E-state index contributed by atoms with van der Waals surface area (Å²) < 4.78 is 27.5. The smallest absolute Gasteiger partial charge is 0.294 e. The fraction of sp³-hybridized carbons (Fsp3) is 0.556. The molecule has 0 unspecified atom stereocenters. The first-order valence-corrected chi connectivity index (χ1v) is 11.0. The van der Waals surface area contributed by atoms with Crippen LogP contribution in [0, 0.1) is 0 Å². The third kappa shape index (κ3) is 8.60. The molecule has 0 radical (unpaired) electrons. The lowest BCUT2D eigenvalue weighted by atomic mass is 10.0. The quantitative estimate of drug-likeness (QED) is 0.193. The predicted molar refractivity (Wildman–Crippen MR) is 103 cm³/mol. The van der Waals surface area contributed by atoms with Gasteiger partial charge in [0.05, 0.1) is 19.8 Å². The molecule has 146 valence electrons. The first-order chi connectivity index (χ1) is 12.4. The molecule has 0 atom stereocenters. The van der Waals surface area contributed by atoms with E-state index < -0.39 is 7.82 Å². The van der Waals surface area contributed by atoms with Gasteiger partial charge in [0.15, 0.2) is 10.9 Å². The van der Waals surface area contributed by atoms with E-state index in [9.17, 15) is 14.2 Å². The van der Waals surface area contributed by atoms with Crippen molar-refractivity contribution in [1.29, 1.82) is 0 Å². The van der Waals surface area contributed by atoms with Crippen LogP contribution in [0.25, 0.3) is 0 Å². The van der Waals surface area contributed by atoms with Gasteiger partial charge in [-0.15, -0.1) is 0 Å². The molecule has 26 heavy (non-hydrogen) atoms. The molecule has 0 fully saturated rings. The van der Waals surface area contributed by atoms with Crippen molar-refractivity contribution >= 4 is 30.5 Å². The molecule has 0 bridgehead atoms. The van der Waals surface area contributed by atoms with Gasteiger partial charge in [0.1, 0.15) is 0 Å². The number of carbonyl (C=O) groups excluding carboxylic acids is 2. The number of phosphoric ester groups is 1. The Hall–Kier alpha value is -0.980. The van der Waals surface area contributed by atoms with Crippen LogP contribution >= 0.6 is 19.6 Å². The molecule has 0 saturated heterocycles. The van der Waals surface area contributed by atoms with Gasteiger partial charge in [-0.05, 0) is 32.8 Å². The molecule has 0 spiro atoms. The molecule has 1 aromatic carbocycles. The molecule has 0 aliphatic rings. The van der Waals surface area contributed by atoms with Gasteiger partial charge in [0.2, 0.25) is 0 Å². The summed E-state index contributed by atoms with van der Waals surface area (Å²) in [4.78, 5) is 24.4. The highest BCUT2D eigenvalue weighted by molar-refractivity contribution is 8.13. The third-order valence-electron chi connectivity index (χ3n) is 3.31. The van der Waals surface area contributed by atoms with Crippen molar-refractivity contribution in [1.82, 2.24) is 0 Å². The minimum Gasteiger partial charge on any atom is -0.294 e. The number of carbonyl (C=O) groups is 2. The molecule has 0 N–H and O–H groups in total. The van der Waals surface area contributed by atoms with E-state index in [0.29, 0.717) is 29.7 Å². The number of hydrogen-bond donors (Lipinski definition) is 0. The normalized spacial score (nSPS) is 11.5. The van der Waals surface area contributed by atoms with Gasteiger partial charge >= 0.3 is 7.82 Å². The Balaban J connectivity index is 2.37. The van der Waals surface area contributed by atoms with Crippen LogP contribution in [0.4, 0.5) is 0 Å². The van der Waals surface area contributed by atoms with E-state index in [4.69, 9.17) is 13.6 Å². The van der Waals surface area contributed by atoms with Gasteiger partial charge in [-0.2, -0.15) is 0 Å². The maximum absolute atomic E-state index is 12.4. The topological polar surface area (TPSA) is 78.9 Å². The molecule has 6 nitrogen and oxygen atoms in total. The maximum Gasteiger partial charge on any atom is 0.474 e. The summed E-state index contributed by atoms with van der Waals surface area (Å²) in [5.74, 6) is 0.0181. The number of rotatable bonds is 13. The second-order valence-electron chi connectivity index (χ2n) is 5.44. The molecule has 0 aliphatic heterocycles. The second-order valence-corrected chi connectivity index (χ2v) is 8.33. The third-order valence-corrected chi connectivity index (χ3v) is 5.82. The van der Waals surface area contributed by atoms with Gasteiger partial charge < -0.3 is 0 Å². The van der Waals surface area contributed by atoms with Crippen molar-refractivity contribution in [3.8, 4) is 0 Å². The Labute approximate surface area is 159 Å². The fourth-order valence-electron chi connectivity index (χ4n) is 2.24. The molecule has 1 aromatic rings. The molecule has 0 heterocycles. The Kier molecular flexibility index (Phi) is 11.0. The lowest BCUT2D eigenvalue weighted by molar-refractivity contribution is -0.109. The number of benzene rings is 1. The summed E-state index contributed by atoms with van der Waals surface area (Å²) in [6, 6.07) is 7.14. The van der Waals surface area contributed by atoms with Gasteiger partial charge in [-0.3, -0.25) is 23.2 Å². The Bertz CT molecular complexity index is 624. The van der Waals surface area contributed by atoms with E-state index >= 15 is 0 Å². The highest BCUT2D eigenvalue weighted by Gasteiger charge is 2.24. The summed E-state index contributed by atoms with van der Waals surface area (Å²) >= 11 is 1.07. The van der Waals surface area contributed by atoms with Crippen LogP contribution < -0.4 is 0 Å². The van der Waals surface area contributed by atoms with E-state index in [2.05, 4.69) is 0 Å².